The number of aryl methyl sites for hydroxylation is 1. The summed E-state index contributed by atoms with van der Waals surface area (Å²) in [6.07, 6.45) is 1.69. The monoisotopic (exact) mass is 363 g/mol. The van der Waals surface area contributed by atoms with Crippen molar-refractivity contribution < 1.29 is 19.1 Å². The first kappa shape index (κ1) is 18.9. The molecule has 2 rings (SSSR count). The van der Waals surface area contributed by atoms with E-state index in [1.165, 1.54) is 16.2 Å². The topological polar surface area (TPSA) is 80.8 Å². The lowest BCUT2D eigenvalue weighted by molar-refractivity contribution is -0.117. The van der Waals surface area contributed by atoms with Gasteiger partial charge in [-0.2, -0.15) is 0 Å². The lowest BCUT2D eigenvalue weighted by Crippen LogP contribution is -2.40. The molecule has 0 radical (unpaired) electrons. The number of amides is 2. The van der Waals surface area contributed by atoms with E-state index in [2.05, 4.69) is 10.3 Å². The number of ether oxygens (including phenoxy) is 2. The number of aromatic nitrogens is 1. The highest BCUT2D eigenvalue weighted by Gasteiger charge is 2.19. The third-order valence-electron chi connectivity index (χ3n) is 3.39. The van der Waals surface area contributed by atoms with Crippen LogP contribution >= 0.6 is 11.3 Å². The van der Waals surface area contributed by atoms with E-state index in [0.29, 0.717) is 29.6 Å². The van der Waals surface area contributed by atoms with Crippen molar-refractivity contribution in [3.63, 3.8) is 0 Å². The fourth-order valence-corrected chi connectivity index (χ4v) is 2.80. The Morgan fingerprint density at radius 3 is 2.52 bits per heavy atom. The number of carbonyl (C=O) groups excluding carboxylic acids is 2. The molecule has 0 bridgehead atoms. The number of nitrogens with one attached hydrogen (secondary N) is 1. The minimum absolute atomic E-state index is 0.0765. The summed E-state index contributed by atoms with van der Waals surface area (Å²) in [7, 11) is 3.11. The van der Waals surface area contributed by atoms with Gasteiger partial charge >= 0.3 is 0 Å². The zero-order chi connectivity index (χ0) is 18.2. The van der Waals surface area contributed by atoms with Crippen molar-refractivity contribution in [2.24, 2.45) is 0 Å². The molecule has 0 saturated heterocycles. The molecule has 0 aliphatic heterocycles. The van der Waals surface area contributed by atoms with E-state index in [0.717, 1.165) is 4.88 Å². The first-order valence-electron chi connectivity index (χ1n) is 7.68. The Hall–Kier alpha value is -2.45. The summed E-state index contributed by atoms with van der Waals surface area (Å²) in [6, 6.07) is 6.76. The van der Waals surface area contributed by atoms with Gasteiger partial charge in [-0.15, -0.1) is 11.3 Å². The summed E-state index contributed by atoms with van der Waals surface area (Å²) >= 11 is 1.38. The molecule has 0 aliphatic rings. The van der Waals surface area contributed by atoms with Crippen LogP contribution in [0, 0.1) is 6.92 Å². The van der Waals surface area contributed by atoms with Gasteiger partial charge in [0.05, 0.1) is 13.7 Å². The summed E-state index contributed by atoms with van der Waals surface area (Å²) in [5, 5.41) is 3.23. The van der Waals surface area contributed by atoms with Crippen LogP contribution in [0.5, 0.6) is 5.75 Å². The summed E-state index contributed by atoms with van der Waals surface area (Å²) in [6.45, 7) is 2.48. The highest BCUT2D eigenvalue weighted by molar-refractivity contribution is 7.15. The van der Waals surface area contributed by atoms with Crippen LogP contribution in [0.25, 0.3) is 0 Å². The van der Waals surface area contributed by atoms with Crippen molar-refractivity contribution in [1.82, 2.24) is 9.88 Å². The molecule has 0 aliphatic carbocycles. The van der Waals surface area contributed by atoms with Crippen molar-refractivity contribution in [2.75, 3.05) is 39.2 Å². The molecule has 1 aromatic heterocycles. The Labute approximate surface area is 150 Å². The number of methoxy groups -OCH3 is 2. The van der Waals surface area contributed by atoms with Gasteiger partial charge in [0.15, 0.2) is 5.13 Å². The molecule has 7 nitrogen and oxygen atoms in total. The van der Waals surface area contributed by atoms with Crippen molar-refractivity contribution >= 4 is 28.3 Å². The second-order valence-corrected chi connectivity index (χ2v) is 6.51. The van der Waals surface area contributed by atoms with Gasteiger partial charge in [0.2, 0.25) is 5.91 Å². The Bertz CT molecular complexity index is 715. The van der Waals surface area contributed by atoms with Crippen molar-refractivity contribution in [2.45, 2.75) is 6.92 Å². The van der Waals surface area contributed by atoms with E-state index >= 15 is 0 Å². The minimum Gasteiger partial charge on any atom is -0.497 e. The molecule has 1 heterocycles. The van der Waals surface area contributed by atoms with Gasteiger partial charge in [0, 0.05) is 30.3 Å². The normalized spacial score (nSPS) is 10.4. The highest BCUT2D eigenvalue weighted by atomic mass is 32.1. The minimum atomic E-state index is -0.299. The summed E-state index contributed by atoms with van der Waals surface area (Å²) in [5.74, 6) is 0.120. The van der Waals surface area contributed by atoms with Crippen LogP contribution in [0.3, 0.4) is 0 Å². The van der Waals surface area contributed by atoms with Crippen LogP contribution in [-0.2, 0) is 9.53 Å². The molecular formula is C17H21N3O4S. The number of benzene rings is 1. The SMILES string of the molecule is COCCN(CC(=O)Nc1ncc(C)s1)C(=O)c1ccc(OC)cc1. The molecule has 134 valence electrons. The molecule has 0 unspecified atom stereocenters. The maximum Gasteiger partial charge on any atom is 0.254 e. The van der Waals surface area contributed by atoms with Gasteiger partial charge in [-0.1, -0.05) is 0 Å². The highest BCUT2D eigenvalue weighted by Crippen LogP contribution is 2.17. The number of carbonyl (C=O) groups is 2. The van der Waals surface area contributed by atoms with E-state index in [9.17, 15) is 9.59 Å². The zero-order valence-electron chi connectivity index (χ0n) is 14.4. The average Bonchev–Trinajstić information content (AvgIpc) is 3.02. The van der Waals surface area contributed by atoms with Gasteiger partial charge < -0.3 is 19.7 Å². The van der Waals surface area contributed by atoms with Gasteiger partial charge in [-0.25, -0.2) is 4.98 Å². The molecule has 0 saturated carbocycles. The standard InChI is InChI=1S/C17H21N3O4S/c1-12-10-18-17(25-12)19-15(21)11-20(8-9-23-2)16(22)13-4-6-14(24-3)7-5-13/h4-7,10H,8-9,11H2,1-3H3,(H,18,19,21). The van der Waals surface area contributed by atoms with Crippen LogP contribution in [0.4, 0.5) is 5.13 Å². The first-order valence-corrected chi connectivity index (χ1v) is 8.49. The number of hydrogen-bond donors (Lipinski definition) is 1. The fourth-order valence-electron chi connectivity index (χ4n) is 2.11. The number of hydrogen-bond acceptors (Lipinski definition) is 6. The third kappa shape index (κ3) is 5.54. The molecule has 2 aromatic rings. The van der Waals surface area contributed by atoms with Crippen LogP contribution in [-0.4, -0.2) is 55.6 Å². The Morgan fingerprint density at radius 2 is 1.96 bits per heavy atom. The summed E-state index contributed by atoms with van der Waals surface area (Å²) in [5.41, 5.74) is 0.481. The van der Waals surface area contributed by atoms with Crippen molar-refractivity contribution in [3.05, 3.63) is 40.9 Å². The average molecular weight is 363 g/mol. The summed E-state index contributed by atoms with van der Waals surface area (Å²) in [4.78, 5) is 31.4. The third-order valence-corrected chi connectivity index (χ3v) is 4.22. The lowest BCUT2D eigenvalue weighted by Gasteiger charge is -2.21. The van der Waals surface area contributed by atoms with Gasteiger partial charge in [0.1, 0.15) is 12.3 Å². The van der Waals surface area contributed by atoms with Gasteiger partial charge in [-0.05, 0) is 31.2 Å². The largest absolute Gasteiger partial charge is 0.497 e. The second kappa shape index (κ2) is 9.14. The molecule has 2 amide bonds. The number of anilines is 1. The van der Waals surface area contributed by atoms with E-state index < -0.39 is 0 Å². The predicted octanol–water partition coefficient (Wildman–Crippen LogP) is 2.19. The Balaban J connectivity index is 2.05. The fraction of sp³-hybridized carbons (Fsp3) is 0.353. The number of thiazole rings is 1. The predicted molar refractivity (Wildman–Crippen MR) is 96.3 cm³/mol. The molecule has 8 heteroatoms. The van der Waals surface area contributed by atoms with Crippen LogP contribution in [0.15, 0.2) is 30.5 Å². The van der Waals surface area contributed by atoms with E-state index in [1.807, 2.05) is 6.92 Å². The van der Waals surface area contributed by atoms with Gasteiger partial charge in [-0.3, -0.25) is 9.59 Å². The molecule has 25 heavy (non-hydrogen) atoms. The lowest BCUT2D eigenvalue weighted by atomic mass is 10.2. The van der Waals surface area contributed by atoms with Gasteiger partial charge in [0.25, 0.3) is 5.91 Å². The smallest absolute Gasteiger partial charge is 0.254 e. The maximum atomic E-state index is 12.7. The van der Waals surface area contributed by atoms with E-state index in [1.54, 1.807) is 44.7 Å². The number of nitrogens with zero attached hydrogens (tertiary/aromatic N) is 2. The molecule has 0 fully saturated rings. The van der Waals surface area contributed by atoms with Crippen molar-refractivity contribution in [3.8, 4) is 5.75 Å². The molecule has 1 aromatic carbocycles. The quantitative estimate of drug-likeness (QED) is 0.778. The number of rotatable bonds is 8. The van der Waals surface area contributed by atoms with E-state index in [-0.39, 0.29) is 18.4 Å². The molecular weight excluding hydrogens is 342 g/mol. The van der Waals surface area contributed by atoms with Crippen LogP contribution in [0.2, 0.25) is 0 Å². The first-order chi connectivity index (χ1) is 12.0. The Kier molecular flexibility index (Phi) is 6.91. The molecule has 1 N–H and O–H groups in total. The van der Waals surface area contributed by atoms with Crippen LogP contribution in [0.1, 0.15) is 15.2 Å². The second-order valence-electron chi connectivity index (χ2n) is 5.27. The zero-order valence-corrected chi connectivity index (χ0v) is 15.3. The Morgan fingerprint density at radius 1 is 1.24 bits per heavy atom. The maximum absolute atomic E-state index is 12.7. The van der Waals surface area contributed by atoms with Crippen LogP contribution < -0.4 is 10.1 Å². The molecule has 0 spiro atoms. The molecule has 0 atom stereocenters. The van der Waals surface area contributed by atoms with E-state index in [4.69, 9.17) is 9.47 Å². The van der Waals surface area contributed by atoms with Crippen molar-refractivity contribution in [1.29, 1.82) is 0 Å². The summed E-state index contributed by atoms with van der Waals surface area (Å²) < 4.78 is 10.1.